The number of nitrogens with zero attached hydrogens (tertiary/aromatic N) is 2. The van der Waals surface area contributed by atoms with Crippen molar-refractivity contribution >= 4 is 0 Å². The minimum atomic E-state index is -0.368. The highest BCUT2D eigenvalue weighted by Gasteiger charge is 2.26. The molecule has 0 amide bonds. The van der Waals surface area contributed by atoms with Crippen molar-refractivity contribution in [3.63, 3.8) is 0 Å². The van der Waals surface area contributed by atoms with Crippen molar-refractivity contribution in [1.82, 2.24) is 10.2 Å². The summed E-state index contributed by atoms with van der Waals surface area (Å²) in [6.07, 6.45) is 7.33. The molecule has 1 aliphatic heterocycles. The molecule has 1 aliphatic rings. The monoisotopic (exact) mass is 279 g/mol. The van der Waals surface area contributed by atoms with Crippen LogP contribution in [0.5, 0.6) is 0 Å². The van der Waals surface area contributed by atoms with Crippen molar-refractivity contribution in [2.75, 3.05) is 6.54 Å². The lowest BCUT2D eigenvalue weighted by molar-refractivity contribution is 0.101. The second-order valence-electron chi connectivity index (χ2n) is 7.07. The highest BCUT2D eigenvalue weighted by Crippen LogP contribution is 2.23. The van der Waals surface area contributed by atoms with Gasteiger partial charge in [-0.2, -0.15) is 5.26 Å². The topological polar surface area (TPSA) is 39.1 Å². The second kappa shape index (κ2) is 8.00. The molecule has 3 atom stereocenters. The lowest BCUT2D eigenvalue weighted by atomic mass is 9.94. The molecule has 0 saturated carbocycles. The van der Waals surface area contributed by atoms with Gasteiger partial charge in [-0.05, 0) is 73.3 Å². The molecular formula is C17H33N3. The van der Waals surface area contributed by atoms with E-state index in [-0.39, 0.29) is 5.54 Å². The first-order valence-corrected chi connectivity index (χ1v) is 8.32. The van der Waals surface area contributed by atoms with Gasteiger partial charge in [-0.25, -0.2) is 0 Å². The van der Waals surface area contributed by atoms with E-state index in [0.717, 1.165) is 24.9 Å². The zero-order valence-corrected chi connectivity index (χ0v) is 14.1. The van der Waals surface area contributed by atoms with Gasteiger partial charge in [0.05, 0.1) is 6.07 Å². The predicted molar refractivity (Wildman–Crippen MR) is 85.6 cm³/mol. The molecule has 0 aromatic rings. The SMILES string of the molecule is CC(C)NC(C)(C#N)CCCCN1C(C)CCCC1C. The summed E-state index contributed by atoms with van der Waals surface area (Å²) < 4.78 is 0. The fraction of sp³-hybridized carbons (Fsp3) is 0.941. The summed E-state index contributed by atoms with van der Waals surface area (Å²) in [5.41, 5.74) is -0.368. The van der Waals surface area contributed by atoms with Crippen LogP contribution in [0, 0.1) is 11.3 Å². The maximum Gasteiger partial charge on any atom is 0.104 e. The molecule has 1 fully saturated rings. The van der Waals surface area contributed by atoms with E-state index in [4.69, 9.17) is 0 Å². The summed E-state index contributed by atoms with van der Waals surface area (Å²) in [4.78, 5) is 2.66. The molecule has 0 spiro atoms. The largest absolute Gasteiger partial charge is 0.298 e. The smallest absolute Gasteiger partial charge is 0.104 e. The van der Waals surface area contributed by atoms with Gasteiger partial charge < -0.3 is 0 Å². The van der Waals surface area contributed by atoms with Crippen molar-refractivity contribution in [3.8, 4) is 6.07 Å². The van der Waals surface area contributed by atoms with Crippen LogP contribution in [0.2, 0.25) is 0 Å². The highest BCUT2D eigenvalue weighted by molar-refractivity contribution is 5.04. The van der Waals surface area contributed by atoms with Crippen LogP contribution in [-0.4, -0.2) is 35.1 Å². The van der Waals surface area contributed by atoms with Gasteiger partial charge in [-0.1, -0.05) is 6.42 Å². The molecule has 3 unspecified atom stereocenters. The molecule has 0 aromatic carbocycles. The first-order chi connectivity index (χ1) is 9.38. The predicted octanol–water partition coefficient (Wildman–Crippen LogP) is 3.70. The first kappa shape index (κ1) is 17.5. The maximum atomic E-state index is 9.34. The Labute approximate surface area is 125 Å². The average Bonchev–Trinajstić information content (AvgIpc) is 2.36. The van der Waals surface area contributed by atoms with Crippen molar-refractivity contribution in [3.05, 3.63) is 0 Å². The van der Waals surface area contributed by atoms with Crippen LogP contribution in [0.3, 0.4) is 0 Å². The summed E-state index contributed by atoms with van der Waals surface area (Å²) in [6.45, 7) is 12.1. The van der Waals surface area contributed by atoms with E-state index in [9.17, 15) is 5.26 Å². The van der Waals surface area contributed by atoms with Crippen molar-refractivity contribution in [2.24, 2.45) is 0 Å². The average molecular weight is 279 g/mol. The first-order valence-electron chi connectivity index (χ1n) is 8.32. The lowest BCUT2D eigenvalue weighted by Crippen LogP contribution is -2.45. The standard InChI is InChI=1S/C17H33N3/c1-14(2)19-17(5,13-18)11-6-7-12-20-15(3)9-8-10-16(20)4/h14-16,19H,6-12H2,1-5H3. The van der Waals surface area contributed by atoms with E-state index in [0.29, 0.717) is 6.04 Å². The second-order valence-corrected chi connectivity index (χ2v) is 7.07. The third kappa shape index (κ3) is 5.42. The summed E-state index contributed by atoms with van der Waals surface area (Å²) in [7, 11) is 0. The van der Waals surface area contributed by atoms with Gasteiger partial charge in [0.15, 0.2) is 0 Å². The van der Waals surface area contributed by atoms with Crippen molar-refractivity contribution in [2.45, 2.75) is 96.8 Å². The zero-order valence-electron chi connectivity index (χ0n) is 14.1. The summed E-state index contributed by atoms with van der Waals surface area (Å²) >= 11 is 0. The van der Waals surface area contributed by atoms with Crippen LogP contribution in [0.15, 0.2) is 0 Å². The normalized spacial score (nSPS) is 27.2. The number of rotatable bonds is 7. The highest BCUT2D eigenvalue weighted by atomic mass is 15.2. The zero-order chi connectivity index (χ0) is 15.2. The molecule has 3 nitrogen and oxygen atoms in total. The third-order valence-electron chi connectivity index (χ3n) is 4.57. The van der Waals surface area contributed by atoms with Gasteiger partial charge in [0.1, 0.15) is 5.54 Å². The van der Waals surface area contributed by atoms with E-state index >= 15 is 0 Å². The van der Waals surface area contributed by atoms with Crippen LogP contribution < -0.4 is 5.32 Å². The molecule has 0 radical (unpaired) electrons. The molecule has 20 heavy (non-hydrogen) atoms. The van der Waals surface area contributed by atoms with Crippen LogP contribution in [0.1, 0.15) is 73.1 Å². The van der Waals surface area contributed by atoms with Crippen LogP contribution in [0.25, 0.3) is 0 Å². The Hall–Kier alpha value is -0.590. The molecule has 1 saturated heterocycles. The Morgan fingerprint density at radius 1 is 1.25 bits per heavy atom. The van der Waals surface area contributed by atoms with Crippen molar-refractivity contribution < 1.29 is 0 Å². The Kier molecular flexibility index (Phi) is 6.99. The lowest BCUT2D eigenvalue weighted by Gasteiger charge is -2.39. The van der Waals surface area contributed by atoms with Gasteiger partial charge in [0, 0.05) is 18.1 Å². The molecule has 0 bridgehead atoms. The van der Waals surface area contributed by atoms with E-state index < -0.39 is 0 Å². The van der Waals surface area contributed by atoms with E-state index in [2.05, 4.69) is 44.0 Å². The Morgan fingerprint density at radius 3 is 2.35 bits per heavy atom. The molecule has 116 valence electrons. The number of nitriles is 1. The number of nitrogens with one attached hydrogen (secondary N) is 1. The van der Waals surface area contributed by atoms with Gasteiger partial charge in [0.25, 0.3) is 0 Å². The molecule has 3 heteroatoms. The van der Waals surface area contributed by atoms with E-state index in [1.54, 1.807) is 0 Å². The number of unbranched alkanes of at least 4 members (excludes halogenated alkanes) is 1. The Bertz CT molecular complexity index is 311. The Balaban J connectivity index is 2.31. The Morgan fingerprint density at radius 2 is 1.85 bits per heavy atom. The van der Waals surface area contributed by atoms with Crippen molar-refractivity contribution in [1.29, 1.82) is 5.26 Å². The van der Waals surface area contributed by atoms with Gasteiger partial charge in [-0.3, -0.25) is 10.2 Å². The fourth-order valence-corrected chi connectivity index (χ4v) is 3.49. The van der Waals surface area contributed by atoms with Crippen LogP contribution in [0.4, 0.5) is 0 Å². The van der Waals surface area contributed by atoms with Gasteiger partial charge in [0.2, 0.25) is 0 Å². The summed E-state index contributed by atoms with van der Waals surface area (Å²) in [6, 6.07) is 4.27. The molecule has 1 rings (SSSR count). The number of hydrogen-bond acceptors (Lipinski definition) is 3. The number of likely N-dealkylation sites (tertiary alicyclic amines) is 1. The minimum Gasteiger partial charge on any atom is -0.298 e. The molecule has 0 aromatic heterocycles. The van der Waals surface area contributed by atoms with E-state index in [1.165, 1.54) is 32.2 Å². The molecular weight excluding hydrogens is 246 g/mol. The third-order valence-corrected chi connectivity index (χ3v) is 4.57. The molecule has 1 N–H and O–H groups in total. The number of piperidine rings is 1. The van der Waals surface area contributed by atoms with Gasteiger partial charge in [-0.15, -0.1) is 0 Å². The number of hydrogen-bond donors (Lipinski definition) is 1. The van der Waals surface area contributed by atoms with Crippen LogP contribution >= 0.6 is 0 Å². The van der Waals surface area contributed by atoms with Crippen LogP contribution in [-0.2, 0) is 0 Å². The van der Waals surface area contributed by atoms with E-state index in [1.807, 2.05) is 6.92 Å². The minimum absolute atomic E-state index is 0.363. The summed E-state index contributed by atoms with van der Waals surface area (Å²) in [5.74, 6) is 0. The molecule has 0 aliphatic carbocycles. The quantitative estimate of drug-likeness (QED) is 0.722. The van der Waals surface area contributed by atoms with Gasteiger partial charge >= 0.3 is 0 Å². The fourth-order valence-electron chi connectivity index (χ4n) is 3.49. The summed E-state index contributed by atoms with van der Waals surface area (Å²) in [5, 5.41) is 12.7. The molecule has 1 heterocycles. The maximum absolute atomic E-state index is 9.34.